The molecular formula is C12H16ClN3O4S. The number of hydrogen-bond donors (Lipinski definition) is 2. The molecule has 9 heteroatoms. The molecule has 0 aromatic heterocycles. The van der Waals surface area contributed by atoms with Gasteiger partial charge >= 0.3 is 0 Å². The Morgan fingerprint density at radius 1 is 1.48 bits per heavy atom. The summed E-state index contributed by atoms with van der Waals surface area (Å²) in [7, 11) is -3.76. The Bertz CT molecular complexity index is 629. The molecule has 2 N–H and O–H groups in total. The highest BCUT2D eigenvalue weighted by molar-refractivity contribution is 7.89. The lowest BCUT2D eigenvalue weighted by Crippen LogP contribution is -2.26. The van der Waals surface area contributed by atoms with Crippen molar-refractivity contribution in [2.24, 2.45) is 5.92 Å². The fraction of sp³-hybridized carbons (Fsp3) is 0.500. The van der Waals surface area contributed by atoms with Crippen LogP contribution in [0, 0.1) is 16.0 Å². The van der Waals surface area contributed by atoms with Gasteiger partial charge in [-0.15, -0.1) is 0 Å². The first-order chi connectivity index (χ1) is 9.90. The minimum Gasteiger partial charge on any atom is -0.316 e. The van der Waals surface area contributed by atoms with Crippen LogP contribution in [-0.2, 0) is 10.0 Å². The Balaban J connectivity index is 2.04. The summed E-state index contributed by atoms with van der Waals surface area (Å²) in [5.74, 6) is 0.465. The molecule has 1 atom stereocenters. The van der Waals surface area contributed by atoms with Gasteiger partial charge in [-0.3, -0.25) is 10.1 Å². The molecule has 1 unspecified atom stereocenters. The van der Waals surface area contributed by atoms with E-state index in [4.69, 9.17) is 11.6 Å². The predicted molar refractivity (Wildman–Crippen MR) is 78.9 cm³/mol. The summed E-state index contributed by atoms with van der Waals surface area (Å²) in [6.45, 7) is 2.17. The smallest absolute Gasteiger partial charge is 0.289 e. The maximum absolute atomic E-state index is 12.1. The van der Waals surface area contributed by atoms with E-state index in [1.54, 1.807) is 0 Å². The number of halogens is 1. The van der Waals surface area contributed by atoms with Crippen molar-refractivity contribution in [3.63, 3.8) is 0 Å². The third kappa shape index (κ3) is 4.13. The lowest BCUT2D eigenvalue weighted by molar-refractivity contribution is -0.384. The van der Waals surface area contributed by atoms with Crippen LogP contribution >= 0.6 is 11.6 Å². The molecule has 0 bridgehead atoms. The fourth-order valence-corrected chi connectivity index (χ4v) is 3.49. The van der Waals surface area contributed by atoms with E-state index in [9.17, 15) is 18.5 Å². The van der Waals surface area contributed by atoms with E-state index >= 15 is 0 Å². The molecule has 1 saturated heterocycles. The van der Waals surface area contributed by atoms with E-state index < -0.39 is 20.6 Å². The average molecular weight is 334 g/mol. The maximum Gasteiger partial charge on any atom is 0.289 e. The fourth-order valence-electron chi connectivity index (χ4n) is 2.24. The Morgan fingerprint density at radius 3 is 2.86 bits per heavy atom. The predicted octanol–water partition coefficient (Wildman–Crippen LogP) is 1.53. The van der Waals surface area contributed by atoms with Crippen LogP contribution in [0.2, 0.25) is 5.02 Å². The van der Waals surface area contributed by atoms with E-state index in [1.165, 1.54) is 12.1 Å². The third-order valence-electron chi connectivity index (χ3n) is 3.43. The molecule has 0 radical (unpaired) electrons. The first-order valence-electron chi connectivity index (χ1n) is 6.54. The Hall–Kier alpha value is -1.22. The Kier molecular flexibility index (Phi) is 5.15. The Labute approximate surface area is 127 Å². The molecule has 0 spiro atoms. The van der Waals surface area contributed by atoms with Gasteiger partial charge in [0.2, 0.25) is 10.0 Å². The molecule has 0 aliphatic carbocycles. The number of sulfonamides is 1. The maximum atomic E-state index is 12.1. The van der Waals surface area contributed by atoms with Gasteiger partial charge in [0.1, 0.15) is 5.02 Å². The van der Waals surface area contributed by atoms with Gasteiger partial charge in [-0.25, -0.2) is 13.1 Å². The minimum absolute atomic E-state index is 0.0871. The second-order valence-electron chi connectivity index (χ2n) is 4.92. The van der Waals surface area contributed by atoms with Crippen LogP contribution in [0.15, 0.2) is 23.1 Å². The zero-order chi connectivity index (χ0) is 15.5. The summed E-state index contributed by atoms with van der Waals surface area (Å²) in [6.07, 6.45) is 1.77. The van der Waals surface area contributed by atoms with E-state index in [-0.39, 0.29) is 9.92 Å². The normalized spacial score (nSPS) is 18.8. The monoisotopic (exact) mass is 333 g/mol. The zero-order valence-corrected chi connectivity index (χ0v) is 12.8. The largest absolute Gasteiger partial charge is 0.316 e. The number of nitrogens with zero attached hydrogens (tertiary/aromatic N) is 1. The number of hydrogen-bond acceptors (Lipinski definition) is 5. The molecule has 0 amide bonds. The quantitative estimate of drug-likeness (QED) is 0.607. The van der Waals surface area contributed by atoms with E-state index in [0.29, 0.717) is 12.5 Å². The zero-order valence-electron chi connectivity index (χ0n) is 11.2. The molecule has 2 rings (SSSR count). The summed E-state index contributed by atoms with van der Waals surface area (Å²) in [5.41, 5.74) is -0.417. The topological polar surface area (TPSA) is 101 Å². The second-order valence-corrected chi connectivity index (χ2v) is 7.09. The van der Waals surface area contributed by atoms with Gasteiger partial charge in [0.05, 0.1) is 9.82 Å². The van der Waals surface area contributed by atoms with Crippen LogP contribution in [0.5, 0.6) is 0 Å². The van der Waals surface area contributed by atoms with Crippen molar-refractivity contribution in [1.82, 2.24) is 10.0 Å². The number of nitro groups is 1. The van der Waals surface area contributed by atoms with Crippen LogP contribution in [-0.4, -0.2) is 33.0 Å². The first-order valence-corrected chi connectivity index (χ1v) is 8.40. The molecule has 7 nitrogen and oxygen atoms in total. The lowest BCUT2D eigenvalue weighted by atomic mass is 10.1. The van der Waals surface area contributed by atoms with Crippen molar-refractivity contribution < 1.29 is 13.3 Å². The van der Waals surface area contributed by atoms with Crippen LogP contribution in [0.4, 0.5) is 5.69 Å². The van der Waals surface area contributed by atoms with Gasteiger partial charge in [-0.1, -0.05) is 11.6 Å². The molecule has 21 heavy (non-hydrogen) atoms. The van der Waals surface area contributed by atoms with Crippen molar-refractivity contribution >= 4 is 27.3 Å². The molecule has 1 aromatic carbocycles. The van der Waals surface area contributed by atoms with E-state index in [0.717, 1.165) is 32.0 Å². The van der Waals surface area contributed by atoms with Gasteiger partial charge in [-0.2, -0.15) is 0 Å². The number of rotatable bonds is 6. The van der Waals surface area contributed by atoms with Gasteiger partial charge in [0.15, 0.2) is 0 Å². The standard InChI is InChI=1S/C12H16ClN3O4S/c13-11-2-1-10(7-12(11)16(17)18)21(19,20)15-6-4-9-3-5-14-8-9/h1-2,7,9,14-15H,3-6,8H2. The van der Waals surface area contributed by atoms with Crippen molar-refractivity contribution in [3.05, 3.63) is 33.3 Å². The highest BCUT2D eigenvalue weighted by atomic mass is 35.5. The van der Waals surface area contributed by atoms with Gasteiger partial charge in [0, 0.05) is 12.6 Å². The van der Waals surface area contributed by atoms with Crippen molar-refractivity contribution in [1.29, 1.82) is 0 Å². The van der Waals surface area contributed by atoms with Crippen LogP contribution < -0.4 is 10.0 Å². The molecule has 1 aliphatic rings. The molecular weight excluding hydrogens is 318 g/mol. The third-order valence-corrected chi connectivity index (χ3v) is 5.21. The van der Waals surface area contributed by atoms with Crippen molar-refractivity contribution in [2.45, 2.75) is 17.7 Å². The first kappa shape index (κ1) is 16.2. The summed E-state index contributed by atoms with van der Waals surface area (Å²) >= 11 is 5.67. The van der Waals surface area contributed by atoms with E-state index in [1.807, 2.05) is 0 Å². The summed E-state index contributed by atoms with van der Waals surface area (Å²) in [5, 5.41) is 13.9. The lowest BCUT2D eigenvalue weighted by Gasteiger charge is -2.10. The second kappa shape index (κ2) is 6.69. The van der Waals surface area contributed by atoms with Gasteiger partial charge in [0.25, 0.3) is 5.69 Å². The van der Waals surface area contributed by atoms with Crippen LogP contribution in [0.3, 0.4) is 0 Å². The van der Waals surface area contributed by atoms with Gasteiger partial charge in [-0.05, 0) is 44.0 Å². The van der Waals surface area contributed by atoms with Crippen molar-refractivity contribution in [2.75, 3.05) is 19.6 Å². The number of nitrogens with one attached hydrogen (secondary N) is 2. The SMILES string of the molecule is O=[N+]([O-])c1cc(S(=O)(=O)NCCC2CCNC2)ccc1Cl. The molecule has 0 saturated carbocycles. The van der Waals surface area contributed by atoms with Crippen LogP contribution in [0.25, 0.3) is 0 Å². The highest BCUT2D eigenvalue weighted by Crippen LogP contribution is 2.27. The number of nitro benzene ring substituents is 1. The summed E-state index contributed by atoms with van der Waals surface area (Å²) in [6, 6.07) is 3.45. The molecule has 1 aliphatic heterocycles. The molecule has 1 aromatic rings. The Morgan fingerprint density at radius 2 is 2.24 bits per heavy atom. The van der Waals surface area contributed by atoms with E-state index in [2.05, 4.69) is 10.0 Å². The summed E-state index contributed by atoms with van der Waals surface area (Å²) in [4.78, 5) is 9.94. The van der Waals surface area contributed by atoms with Crippen LogP contribution in [0.1, 0.15) is 12.8 Å². The minimum atomic E-state index is -3.76. The molecule has 1 fully saturated rings. The highest BCUT2D eigenvalue weighted by Gasteiger charge is 2.21. The van der Waals surface area contributed by atoms with Crippen molar-refractivity contribution in [3.8, 4) is 0 Å². The summed E-state index contributed by atoms with van der Waals surface area (Å²) < 4.78 is 26.7. The van der Waals surface area contributed by atoms with Gasteiger partial charge < -0.3 is 5.32 Å². The average Bonchev–Trinajstić information content (AvgIpc) is 2.91. The molecule has 1 heterocycles. The number of benzene rings is 1. The molecule has 116 valence electrons.